The third-order valence-corrected chi connectivity index (χ3v) is 7.35. The molecule has 0 bridgehead atoms. The van der Waals surface area contributed by atoms with Gasteiger partial charge in [-0.2, -0.15) is 0 Å². The summed E-state index contributed by atoms with van der Waals surface area (Å²) in [6.45, 7) is 2.49. The van der Waals surface area contributed by atoms with Crippen LogP contribution in [0.4, 0.5) is 0 Å². The lowest BCUT2D eigenvalue weighted by Crippen LogP contribution is -2.27. The van der Waals surface area contributed by atoms with Crippen LogP contribution in [-0.4, -0.2) is 32.9 Å². The molecular weight excluding hydrogens is 462 g/mol. The van der Waals surface area contributed by atoms with Gasteiger partial charge in [0.15, 0.2) is 0 Å². The summed E-state index contributed by atoms with van der Waals surface area (Å²) in [6.07, 6.45) is 4.74. The Morgan fingerprint density at radius 2 is 1.94 bits per heavy atom. The van der Waals surface area contributed by atoms with Gasteiger partial charge in [-0.1, -0.05) is 31.4 Å². The van der Waals surface area contributed by atoms with Crippen molar-refractivity contribution in [3.05, 3.63) is 52.2 Å². The number of benzene rings is 1. The third-order valence-electron chi connectivity index (χ3n) is 5.80. The van der Waals surface area contributed by atoms with Gasteiger partial charge in [-0.05, 0) is 61.1 Å². The Kier molecular flexibility index (Phi) is 7.07. The second-order valence-electron chi connectivity index (χ2n) is 8.40. The van der Waals surface area contributed by atoms with E-state index in [4.69, 9.17) is 16.0 Å². The number of nitrogens with zero attached hydrogens (tertiary/aromatic N) is 1. The van der Waals surface area contributed by atoms with Gasteiger partial charge in [-0.3, -0.25) is 4.79 Å². The van der Waals surface area contributed by atoms with E-state index in [-0.39, 0.29) is 23.3 Å². The molecule has 176 valence electrons. The lowest BCUT2D eigenvalue weighted by atomic mass is 10.0. The van der Waals surface area contributed by atoms with E-state index in [0.29, 0.717) is 39.5 Å². The van der Waals surface area contributed by atoms with Crippen LogP contribution in [0.1, 0.15) is 66.6 Å². The zero-order chi connectivity index (χ0) is 23.6. The summed E-state index contributed by atoms with van der Waals surface area (Å²) in [4.78, 5) is 17.4. The summed E-state index contributed by atoms with van der Waals surface area (Å²) in [5, 5.41) is 3.83. The molecule has 1 aliphatic carbocycles. The Balaban J connectivity index is 1.77. The Morgan fingerprint density at radius 3 is 2.58 bits per heavy atom. The molecule has 1 aromatic carbocycles. The summed E-state index contributed by atoms with van der Waals surface area (Å²) in [6, 6.07) is 8.89. The molecule has 0 unspecified atom stereocenters. The highest BCUT2D eigenvalue weighted by atomic mass is 35.5. The number of amides is 1. The van der Waals surface area contributed by atoms with Crippen LogP contribution in [0.15, 0.2) is 34.7 Å². The normalized spacial score (nSPS) is 14.0. The Bertz CT molecular complexity index is 1270. The molecule has 3 aromatic rings. The van der Waals surface area contributed by atoms with E-state index in [1.165, 1.54) is 0 Å². The smallest absolute Gasteiger partial charge is 0.255 e. The number of carbonyl (C=O) groups is 1. The quantitative estimate of drug-likeness (QED) is 0.390. The zero-order valence-electron chi connectivity index (χ0n) is 18.8. The molecule has 2 aromatic heterocycles. The number of nitrogens with one attached hydrogen (secondary N) is 2. The fourth-order valence-corrected chi connectivity index (χ4v) is 5.20. The molecule has 7 nitrogen and oxygen atoms in total. The molecule has 2 N–H and O–H groups in total. The minimum Gasteiger partial charge on any atom is -0.437 e. The van der Waals surface area contributed by atoms with Gasteiger partial charge in [0.1, 0.15) is 11.5 Å². The number of unbranched alkanes of at least 4 members (excludes halogenated alkanes) is 2. The summed E-state index contributed by atoms with van der Waals surface area (Å²) in [5.41, 5.74) is 2.68. The van der Waals surface area contributed by atoms with Crippen LogP contribution in [0.25, 0.3) is 22.4 Å². The molecule has 9 heteroatoms. The minimum atomic E-state index is -3.54. The first-order valence-electron chi connectivity index (χ1n) is 11.2. The van der Waals surface area contributed by atoms with Crippen LogP contribution in [0.5, 0.6) is 0 Å². The van der Waals surface area contributed by atoms with Gasteiger partial charge in [0.2, 0.25) is 15.7 Å². The maximum atomic E-state index is 12.8. The van der Waals surface area contributed by atoms with Crippen LogP contribution in [0, 0.1) is 0 Å². The number of rotatable bonds is 10. The Hall–Kier alpha value is -2.42. The van der Waals surface area contributed by atoms with Crippen molar-refractivity contribution in [2.75, 3.05) is 13.6 Å². The van der Waals surface area contributed by atoms with Gasteiger partial charge in [0.05, 0.1) is 16.6 Å². The number of sulfonamides is 1. The van der Waals surface area contributed by atoms with E-state index < -0.39 is 10.0 Å². The number of halogens is 1. The second-order valence-corrected chi connectivity index (χ2v) is 10.6. The molecule has 0 radical (unpaired) electrons. The average Bonchev–Trinajstić information content (AvgIpc) is 3.56. The number of hydrogen-bond acceptors (Lipinski definition) is 5. The van der Waals surface area contributed by atoms with Crippen molar-refractivity contribution in [2.24, 2.45) is 0 Å². The van der Waals surface area contributed by atoms with Crippen LogP contribution < -0.4 is 10.0 Å². The topological polar surface area (TPSA) is 101 Å². The number of hydrogen-bond donors (Lipinski definition) is 2. The molecule has 0 aliphatic heterocycles. The van der Waals surface area contributed by atoms with Crippen molar-refractivity contribution in [3.63, 3.8) is 0 Å². The average molecular weight is 490 g/mol. The molecule has 1 fully saturated rings. The fourth-order valence-electron chi connectivity index (χ4n) is 3.93. The summed E-state index contributed by atoms with van der Waals surface area (Å²) in [7, 11) is -1.98. The van der Waals surface area contributed by atoms with Gasteiger partial charge in [-0.25, -0.2) is 18.1 Å². The fraction of sp³-hybridized carbons (Fsp3) is 0.417. The monoisotopic (exact) mass is 489 g/mol. The first-order chi connectivity index (χ1) is 15.8. The number of carbonyl (C=O) groups excluding carboxylic acids is 1. The largest absolute Gasteiger partial charge is 0.437 e. The molecule has 1 saturated carbocycles. The van der Waals surface area contributed by atoms with E-state index in [9.17, 15) is 13.2 Å². The maximum absolute atomic E-state index is 12.8. The SMILES string of the molecule is CCCCCNS(=O)(=O)Cc1nc2oc(-c3ccc(Cl)cc3)c(C(=O)NC)c2cc1C1CC1. The first-order valence-corrected chi connectivity index (χ1v) is 13.3. The van der Waals surface area contributed by atoms with Crippen LogP contribution in [0.2, 0.25) is 5.02 Å². The van der Waals surface area contributed by atoms with E-state index in [2.05, 4.69) is 21.9 Å². The molecular formula is C24H28ClN3O4S. The van der Waals surface area contributed by atoms with Gasteiger partial charge in [0, 0.05) is 24.2 Å². The van der Waals surface area contributed by atoms with Gasteiger partial charge >= 0.3 is 0 Å². The minimum absolute atomic E-state index is 0.215. The summed E-state index contributed by atoms with van der Waals surface area (Å²) in [5.74, 6) is 0.125. The van der Waals surface area contributed by atoms with E-state index in [0.717, 1.165) is 37.7 Å². The molecule has 4 rings (SSSR count). The maximum Gasteiger partial charge on any atom is 0.255 e. The molecule has 33 heavy (non-hydrogen) atoms. The van der Waals surface area contributed by atoms with Crippen molar-refractivity contribution in [1.82, 2.24) is 15.0 Å². The van der Waals surface area contributed by atoms with Crippen molar-refractivity contribution in [1.29, 1.82) is 0 Å². The van der Waals surface area contributed by atoms with E-state index in [1.807, 2.05) is 6.07 Å². The number of furan rings is 1. The highest BCUT2D eigenvalue weighted by Gasteiger charge is 2.31. The summed E-state index contributed by atoms with van der Waals surface area (Å²) < 4.78 is 34.2. The number of aromatic nitrogens is 1. The molecule has 0 spiro atoms. The molecule has 0 atom stereocenters. The van der Waals surface area contributed by atoms with Gasteiger partial charge < -0.3 is 9.73 Å². The summed E-state index contributed by atoms with van der Waals surface area (Å²) >= 11 is 6.02. The highest BCUT2D eigenvalue weighted by molar-refractivity contribution is 7.88. The van der Waals surface area contributed by atoms with Crippen molar-refractivity contribution in [2.45, 2.75) is 50.7 Å². The standard InChI is InChI=1S/C24H28ClN3O4S/c1-3-4-5-12-27-33(30,31)14-20-18(15-6-7-15)13-19-21(23(29)26-2)22(32-24(19)28-20)16-8-10-17(25)11-9-16/h8-11,13,15,27H,3-7,12,14H2,1-2H3,(H,26,29). The van der Waals surface area contributed by atoms with Crippen molar-refractivity contribution in [3.8, 4) is 11.3 Å². The lowest BCUT2D eigenvalue weighted by molar-refractivity contribution is 0.0964. The number of pyridine rings is 1. The second kappa shape index (κ2) is 9.83. The molecule has 1 amide bonds. The van der Waals surface area contributed by atoms with E-state index in [1.54, 1.807) is 31.3 Å². The number of fused-ring (bicyclic) bond motifs is 1. The highest BCUT2D eigenvalue weighted by Crippen LogP contribution is 2.44. The van der Waals surface area contributed by atoms with Crippen molar-refractivity contribution >= 4 is 38.6 Å². The first kappa shape index (κ1) is 23.7. The molecule has 0 saturated heterocycles. The van der Waals surface area contributed by atoms with E-state index >= 15 is 0 Å². The predicted molar refractivity (Wildman–Crippen MR) is 130 cm³/mol. The predicted octanol–water partition coefficient (Wildman–Crippen LogP) is 4.99. The zero-order valence-corrected chi connectivity index (χ0v) is 20.4. The third kappa shape index (κ3) is 5.39. The van der Waals surface area contributed by atoms with Crippen molar-refractivity contribution < 1.29 is 17.6 Å². The van der Waals surface area contributed by atoms with Gasteiger partial charge in [0.25, 0.3) is 5.91 Å². The van der Waals surface area contributed by atoms with Gasteiger partial charge in [-0.15, -0.1) is 0 Å². The van der Waals surface area contributed by atoms with Crippen LogP contribution >= 0.6 is 11.6 Å². The molecule has 2 heterocycles. The molecule has 1 aliphatic rings. The van der Waals surface area contributed by atoms with Crippen LogP contribution in [0.3, 0.4) is 0 Å². The lowest BCUT2D eigenvalue weighted by Gasteiger charge is -2.10. The Labute approximate surface area is 199 Å². The Morgan fingerprint density at radius 1 is 1.21 bits per heavy atom. The van der Waals surface area contributed by atoms with Crippen LogP contribution in [-0.2, 0) is 15.8 Å².